The molecule has 220 valence electrons. The van der Waals surface area contributed by atoms with Gasteiger partial charge in [-0.15, -0.1) is 0 Å². The number of ether oxygens (including phenoxy) is 10. The van der Waals surface area contributed by atoms with Crippen LogP contribution in [0.4, 0.5) is 0 Å². The quantitative estimate of drug-likeness (QED) is 0.190. The molecule has 0 spiro atoms. The molecule has 12 heteroatoms. The van der Waals surface area contributed by atoms with Crippen LogP contribution in [0.15, 0.2) is 30.3 Å². The van der Waals surface area contributed by atoms with E-state index in [1.54, 1.807) is 24.3 Å². The van der Waals surface area contributed by atoms with Crippen molar-refractivity contribution in [3.63, 3.8) is 0 Å². The highest BCUT2D eigenvalue weighted by Gasteiger charge is 2.35. The third kappa shape index (κ3) is 4.70. The van der Waals surface area contributed by atoms with E-state index in [-0.39, 0.29) is 47.7 Å². The number of carbonyl (C=O) groups is 2. The number of ketones is 1. The van der Waals surface area contributed by atoms with Gasteiger partial charge in [0.15, 0.2) is 40.3 Å². The standard InChI is InChI=1S/C30H28O12/c1-33-19-10-16(11-20(34-2)25(19)37-5)18(31)8-7-15-9-21(35-3)26-28(41-13-39-26)23(15)24-17(30(32)38-6)12-22(36-4)27-29(24)42-14-40-27/h7-12H,13-14H2,1-6H3/b8-7+. The molecule has 12 nitrogen and oxygen atoms in total. The molecule has 0 amide bonds. The van der Waals surface area contributed by atoms with Gasteiger partial charge >= 0.3 is 5.97 Å². The van der Waals surface area contributed by atoms with Crippen molar-refractivity contribution in [2.24, 2.45) is 0 Å². The Kier molecular flexibility index (Phi) is 7.87. The number of methoxy groups -OCH3 is 6. The largest absolute Gasteiger partial charge is 0.493 e. The predicted octanol–water partition coefficient (Wildman–Crippen LogP) is 4.54. The summed E-state index contributed by atoms with van der Waals surface area (Å²) in [5.41, 5.74) is 1.55. The predicted molar refractivity (Wildman–Crippen MR) is 148 cm³/mol. The molecule has 42 heavy (non-hydrogen) atoms. The molecule has 0 aromatic heterocycles. The summed E-state index contributed by atoms with van der Waals surface area (Å²) in [7, 11) is 8.59. The fourth-order valence-electron chi connectivity index (χ4n) is 4.79. The van der Waals surface area contributed by atoms with E-state index in [0.717, 1.165) is 0 Å². The molecular weight excluding hydrogens is 552 g/mol. The first-order valence-electron chi connectivity index (χ1n) is 12.5. The van der Waals surface area contributed by atoms with E-state index in [2.05, 4.69) is 0 Å². The number of benzene rings is 3. The van der Waals surface area contributed by atoms with Gasteiger partial charge in [-0.05, 0) is 35.9 Å². The van der Waals surface area contributed by atoms with Crippen LogP contribution >= 0.6 is 0 Å². The molecule has 0 N–H and O–H groups in total. The second-order valence-corrected chi connectivity index (χ2v) is 8.78. The summed E-state index contributed by atoms with van der Waals surface area (Å²) in [4.78, 5) is 26.5. The molecule has 0 saturated carbocycles. The first-order chi connectivity index (χ1) is 20.4. The number of esters is 1. The Hall–Kier alpha value is -5.26. The molecular formula is C30H28O12. The van der Waals surface area contributed by atoms with Crippen LogP contribution in [-0.4, -0.2) is 68.0 Å². The van der Waals surface area contributed by atoms with Crippen LogP contribution in [0, 0.1) is 0 Å². The highest BCUT2D eigenvalue weighted by Crippen LogP contribution is 2.57. The minimum Gasteiger partial charge on any atom is -0.493 e. The maximum Gasteiger partial charge on any atom is 0.338 e. The van der Waals surface area contributed by atoms with E-state index in [0.29, 0.717) is 51.2 Å². The Morgan fingerprint density at radius 3 is 1.69 bits per heavy atom. The summed E-state index contributed by atoms with van der Waals surface area (Å²) >= 11 is 0. The van der Waals surface area contributed by atoms with Gasteiger partial charge in [-0.2, -0.15) is 0 Å². The summed E-state index contributed by atoms with van der Waals surface area (Å²) in [6, 6.07) is 6.25. The van der Waals surface area contributed by atoms with Crippen molar-refractivity contribution in [2.75, 3.05) is 56.2 Å². The summed E-state index contributed by atoms with van der Waals surface area (Å²) in [6.45, 7) is -0.205. The van der Waals surface area contributed by atoms with Gasteiger partial charge in [0, 0.05) is 16.7 Å². The lowest BCUT2D eigenvalue weighted by atomic mass is 9.91. The normalized spacial score (nSPS) is 12.7. The summed E-state index contributed by atoms with van der Waals surface area (Å²) in [5, 5.41) is 0. The average Bonchev–Trinajstić information content (AvgIpc) is 3.72. The first kappa shape index (κ1) is 28.3. The van der Waals surface area contributed by atoms with Gasteiger partial charge in [-0.3, -0.25) is 4.79 Å². The van der Waals surface area contributed by atoms with Crippen LogP contribution in [0.5, 0.6) is 51.7 Å². The number of allylic oxidation sites excluding steroid dienone is 1. The summed E-state index contributed by atoms with van der Waals surface area (Å²) in [6.07, 6.45) is 2.93. The molecule has 3 aromatic rings. The van der Waals surface area contributed by atoms with Crippen LogP contribution in [0.1, 0.15) is 26.3 Å². The zero-order valence-electron chi connectivity index (χ0n) is 23.8. The fraction of sp³-hybridized carbons (Fsp3) is 0.267. The van der Waals surface area contributed by atoms with Crippen LogP contribution in [-0.2, 0) is 4.74 Å². The maximum atomic E-state index is 13.4. The van der Waals surface area contributed by atoms with E-state index >= 15 is 0 Å². The second kappa shape index (κ2) is 11.7. The smallest absolute Gasteiger partial charge is 0.338 e. The van der Waals surface area contributed by atoms with Crippen LogP contribution in [0.25, 0.3) is 17.2 Å². The van der Waals surface area contributed by atoms with Gasteiger partial charge in [0.05, 0.1) is 48.2 Å². The van der Waals surface area contributed by atoms with Crippen LogP contribution in [0.2, 0.25) is 0 Å². The van der Waals surface area contributed by atoms with Crippen molar-refractivity contribution in [3.05, 3.63) is 47.0 Å². The minimum absolute atomic E-state index is 0.0977. The lowest BCUT2D eigenvalue weighted by Gasteiger charge is -2.18. The SMILES string of the molecule is COC(=O)c1cc(OC)c2c(c1-c1c(/C=C/C(=O)c3cc(OC)c(OC)c(OC)c3)cc(OC)c3c1OCO3)OCO2. The highest BCUT2D eigenvalue weighted by atomic mass is 16.7. The third-order valence-electron chi connectivity index (χ3n) is 6.71. The molecule has 2 aliphatic heterocycles. The molecule has 0 fully saturated rings. The zero-order valence-corrected chi connectivity index (χ0v) is 23.8. The first-order valence-corrected chi connectivity index (χ1v) is 12.5. The van der Waals surface area contributed by atoms with E-state index in [4.69, 9.17) is 47.4 Å². The minimum atomic E-state index is -0.659. The summed E-state index contributed by atoms with van der Waals surface area (Å²) < 4.78 is 55.3. The van der Waals surface area contributed by atoms with E-state index < -0.39 is 5.97 Å². The van der Waals surface area contributed by atoms with Crippen molar-refractivity contribution in [1.29, 1.82) is 0 Å². The molecule has 5 rings (SSSR count). The molecule has 0 aliphatic carbocycles. The second-order valence-electron chi connectivity index (χ2n) is 8.78. The number of hydrogen-bond donors (Lipinski definition) is 0. The zero-order chi connectivity index (χ0) is 30.0. The van der Waals surface area contributed by atoms with E-state index in [9.17, 15) is 9.59 Å². The van der Waals surface area contributed by atoms with Gasteiger partial charge in [0.2, 0.25) is 30.8 Å². The number of fused-ring (bicyclic) bond motifs is 2. The molecule has 2 aliphatic rings. The van der Waals surface area contributed by atoms with Crippen molar-refractivity contribution in [1.82, 2.24) is 0 Å². The number of rotatable bonds is 10. The Balaban J connectivity index is 1.72. The Morgan fingerprint density at radius 2 is 1.17 bits per heavy atom. The molecule has 0 bridgehead atoms. The van der Waals surface area contributed by atoms with Crippen molar-refractivity contribution in [3.8, 4) is 62.9 Å². The van der Waals surface area contributed by atoms with E-state index in [1.165, 1.54) is 54.8 Å². The Morgan fingerprint density at radius 1 is 0.643 bits per heavy atom. The summed E-state index contributed by atoms with van der Waals surface area (Å²) in [5.74, 6) is 1.75. The van der Waals surface area contributed by atoms with Gasteiger partial charge in [-0.25, -0.2) is 4.79 Å². The van der Waals surface area contributed by atoms with Crippen molar-refractivity contribution < 1.29 is 57.0 Å². The molecule has 0 atom stereocenters. The Labute approximate surface area is 241 Å². The molecule has 0 unspecified atom stereocenters. The Bertz CT molecular complexity index is 1570. The third-order valence-corrected chi connectivity index (χ3v) is 6.71. The van der Waals surface area contributed by atoms with Gasteiger partial charge in [-0.1, -0.05) is 6.08 Å². The topological polar surface area (TPSA) is 126 Å². The molecule has 0 saturated heterocycles. The molecule has 0 radical (unpaired) electrons. The fourth-order valence-corrected chi connectivity index (χ4v) is 4.79. The lowest BCUT2D eigenvalue weighted by molar-refractivity contribution is 0.0600. The van der Waals surface area contributed by atoms with Crippen molar-refractivity contribution >= 4 is 17.8 Å². The molecule has 2 heterocycles. The van der Waals surface area contributed by atoms with Crippen LogP contribution in [0.3, 0.4) is 0 Å². The van der Waals surface area contributed by atoms with Gasteiger partial charge in [0.1, 0.15) is 0 Å². The van der Waals surface area contributed by atoms with Gasteiger partial charge in [0.25, 0.3) is 0 Å². The van der Waals surface area contributed by atoms with Gasteiger partial charge < -0.3 is 47.4 Å². The van der Waals surface area contributed by atoms with Crippen molar-refractivity contribution in [2.45, 2.75) is 0 Å². The average molecular weight is 581 g/mol. The highest BCUT2D eigenvalue weighted by molar-refractivity contribution is 6.09. The maximum absolute atomic E-state index is 13.4. The number of hydrogen-bond acceptors (Lipinski definition) is 12. The lowest BCUT2D eigenvalue weighted by Crippen LogP contribution is -2.07. The monoisotopic (exact) mass is 580 g/mol. The molecule has 3 aromatic carbocycles. The number of carbonyl (C=O) groups excluding carboxylic acids is 2. The van der Waals surface area contributed by atoms with Crippen LogP contribution < -0.4 is 42.6 Å². The van der Waals surface area contributed by atoms with E-state index in [1.807, 2.05) is 0 Å².